The molecule has 0 spiro atoms. The molecule has 0 amide bonds. The molecule has 0 unspecified atom stereocenters. The van der Waals surface area contributed by atoms with E-state index in [1.165, 1.54) is 44.8 Å². The number of fused-ring (bicyclic) bond motifs is 7. The minimum atomic E-state index is -0.150. The predicted molar refractivity (Wildman–Crippen MR) is 208 cm³/mol. The van der Waals surface area contributed by atoms with Gasteiger partial charge in [0.05, 0.1) is 16.9 Å². The molecule has 0 radical (unpaired) electrons. The molecular formula is C47H34N2O. The molecule has 1 aliphatic rings. The van der Waals surface area contributed by atoms with Crippen LogP contribution in [0.2, 0.25) is 0 Å². The third kappa shape index (κ3) is 4.23. The fourth-order valence-corrected chi connectivity index (χ4v) is 8.10. The van der Waals surface area contributed by atoms with Crippen molar-refractivity contribution in [1.29, 1.82) is 0 Å². The van der Waals surface area contributed by atoms with E-state index in [0.29, 0.717) is 0 Å². The van der Waals surface area contributed by atoms with Crippen molar-refractivity contribution >= 4 is 50.0 Å². The highest BCUT2D eigenvalue weighted by atomic mass is 16.3. The number of hydrogen-bond donors (Lipinski definition) is 0. The van der Waals surface area contributed by atoms with E-state index in [1.807, 2.05) is 12.1 Å². The Kier molecular flexibility index (Phi) is 6.22. The van der Waals surface area contributed by atoms with E-state index >= 15 is 0 Å². The van der Waals surface area contributed by atoms with Gasteiger partial charge in [-0.3, -0.25) is 0 Å². The summed E-state index contributed by atoms with van der Waals surface area (Å²) in [4.78, 5) is 2.44. The van der Waals surface area contributed by atoms with Crippen LogP contribution in [0.15, 0.2) is 174 Å². The zero-order valence-corrected chi connectivity index (χ0v) is 28.0. The third-order valence-electron chi connectivity index (χ3n) is 10.6. The molecule has 0 atom stereocenters. The lowest BCUT2D eigenvalue weighted by Crippen LogP contribution is -2.30. The number of para-hydroxylation sites is 3. The second-order valence-corrected chi connectivity index (χ2v) is 13.8. The molecule has 0 saturated heterocycles. The molecule has 0 fully saturated rings. The standard InChI is InChI=1S/C47H34N2O/c1-47(2)39-16-8-10-18-42(39)48(35-25-20-32(21-26-35)31-12-4-3-5-13-31)43-30-34(24-29-40(43)47)33-22-27-36(28-23-33)49-41-17-9-6-14-37(41)46-45(49)38-15-7-11-19-44(38)50-46/h3-30H,1-2H3. The van der Waals surface area contributed by atoms with Crippen LogP contribution in [0.25, 0.3) is 60.9 Å². The zero-order chi connectivity index (χ0) is 33.4. The van der Waals surface area contributed by atoms with Gasteiger partial charge in [0.1, 0.15) is 11.1 Å². The zero-order valence-electron chi connectivity index (χ0n) is 28.0. The quantitative estimate of drug-likeness (QED) is 0.190. The summed E-state index contributed by atoms with van der Waals surface area (Å²) in [6.07, 6.45) is 0. The van der Waals surface area contributed by atoms with Gasteiger partial charge in [-0.15, -0.1) is 0 Å². The summed E-state index contributed by atoms with van der Waals surface area (Å²) in [5.74, 6) is 0. The van der Waals surface area contributed by atoms with Gasteiger partial charge in [-0.25, -0.2) is 0 Å². The van der Waals surface area contributed by atoms with Gasteiger partial charge in [0, 0.05) is 27.6 Å². The molecule has 0 saturated carbocycles. The highest BCUT2D eigenvalue weighted by molar-refractivity contribution is 6.16. The fourth-order valence-electron chi connectivity index (χ4n) is 8.10. The number of rotatable bonds is 4. The van der Waals surface area contributed by atoms with E-state index in [4.69, 9.17) is 4.42 Å². The van der Waals surface area contributed by atoms with E-state index in [2.05, 4.69) is 181 Å². The second kappa shape index (κ2) is 10.8. The second-order valence-electron chi connectivity index (χ2n) is 13.8. The van der Waals surface area contributed by atoms with Crippen LogP contribution in [0.1, 0.15) is 25.0 Å². The Morgan fingerprint density at radius 2 is 1.04 bits per heavy atom. The SMILES string of the molecule is CC1(C)c2ccccc2N(c2ccc(-c3ccccc3)cc2)c2cc(-c3ccc(-n4c5ccccc5c5oc6ccccc6c54)cc3)ccc21. The van der Waals surface area contributed by atoms with E-state index in [9.17, 15) is 0 Å². The molecular weight excluding hydrogens is 609 g/mol. The van der Waals surface area contributed by atoms with Crippen molar-refractivity contribution in [3.8, 4) is 27.9 Å². The summed E-state index contributed by atoms with van der Waals surface area (Å²) in [5.41, 5.74) is 16.1. The number of benzene rings is 7. The molecule has 238 valence electrons. The summed E-state index contributed by atoms with van der Waals surface area (Å²) in [5, 5.41) is 2.24. The predicted octanol–water partition coefficient (Wildman–Crippen LogP) is 13.0. The molecule has 7 aromatic carbocycles. The molecule has 50 heavy (non-hydrogen) atoms. The van der Waals surface area contributed by atoms with Crippen molar-refractivity contribution < 1.29 is 4.42 Å². The maximum Gasteiger partial charge on any atom is 0.161 e. The van der Waals surface area contributed by atoms with Gasteiger partial charge in [0.2, 0.25) is 0 Å². The first kappa shape index (κ1) is 28.7. The summed E-state index contributed by atoms with van der Waals surface area (Å²) in [6, 6.07) is 61.2. The lowest BCUT2D eigenvalue weighted by atomic mass is 9.73. The van der Waals surface area contributed by atoms with Crippen LogP contribution < -0.4 is 4.90 Å². The van der Waals surface area contributed by atoms with Crippen molar-refractivity contribution in [3.05, 3.63) is 181 Å². The summed E-state index contributed by atoms with van der Waals surface area (Å²) < 4.78 is 8.75. The lowest BCUT2D eigenvalue weighted by Gasteiger charge is -2.42. The Morgan fingerprint density at radius 3 is 1.84 bits per heavy atom. The molecule has 3 heterocycles. The first-order valence-corrected chi connectivity index (χ1v) is 17.3. The van der Waals surface area contributed by atoms with E-state index < -0.39 is 0 Å². The third-order valence-corrected chi connectivity index (χ3v) is 10.6. The average Bonchev–Trinajstić information content (AvgIpc) is 3.70. The van der Waals surface area contributed by atoms with Gasteiger partial charge < -0.3 is 13.9 Å². The average molecular weight is 643 g/mol. The van der Waals surface area contributed by atoms with Gasteiger partial charge in [-0.05, 0) is 94.0 Å². The molecule has 0 N–H and O–H groups in total. The summed E-state index contributed by atoms with van der Waals surface area (Å²) in [7, 11) is 0. The van der Waals surface area contributed by atoms with E-state index in [-0.39, 0.29) is 5.41 Å². The summed E-state index contributed by atoms with van der Waals surface area (Å²) >= 11 is 0. The Hall–Kier alpha value is -6.32. The molecule has 10 rings (SSSR count). The largest absolute Gasteiger partial charge is 0.454 e. The minimum Gasteiger partial charge on any atom is -0.454 e. The van der Waals surface area contributed by atoms with E-state index in [1.54, 1.807) is 0 Å². The van der Waals surface area contributed by atoms with Crippen LogP contribution >= 0.6 is 0 Å². The minimum absolute atomic E-state index is 0.150. The number of aromatic nitrogens is 1. The monoisotopic (exact) mass is 642 g/mol. The highest BCUT2D eigenvalue weighted by Crippen LogP contribution is 2.52. The van der Waals surface area contributed by atoms with Crippen LogP contribution in [0.5, 0.6) is 0 Å². The number of nitrogens with zero attached hydrogens (tertiary/aromatic N) is 2. The van der Waals surface area contributed by atoms with Crippen molar-refractivity contribution in [1.82, 2.24) is 4.57 Å². The number of furan rings is 1. The normalized spacial score (nSPS) is 13.5. The number of hydrogen-bond acceptors (Lipinski definition) is 2. The first-order valence-electron chi connectivity index (χ1n) is 17.3. The fraction of sp³-hybridized carbons (Fsp3) is 0.0638. The highest BCUT2D eigenvalue weighted by Gasteiger charge is 2.37. The first-order chi connectivity index (χ1) is 24.6. The lowest BCUT2D eigenvalue weighted by molar-refractivity contribution is 0.632. The van der Waals surface area contributed by atoms with Gasteiger partial charge in [0.15, 0.2) is 5.58 Å². The Bertz CT molecular complexity index is 2710. The Morgan fingerprint density at radius 1 is 0.460 bits per heavy atom. The van der Waals surface area contributed by atoms with Crippen molar-refractivity contribution in [2.24, 2.45) is 0 Å². The van der Waals surface area contributed by atoms with Crippen LogP contribution in [0.3, 0.4) is 0 Å². The Balaban J connectivity index is 1.09. The maximum absolute atomic E-state index is 6.41. The molecule has 1 aliphatic heterocycles. The molecule has 0 aliphatic carbocycles. The smallest absolute Gasteiger partial charge is 0.161 e. The molecule has 3 heteroatoms. The summed E-state index contributed by atoms with van der Waals surface area (Å²) in [6.45, 7) is 4.69. The topological polar surface area (TPSA) is 21.3 Å². The van der Waals surface area contributed by atoms with Crippen molar-refractivity contribution in [2.45, 2.75) is 19.3 Å². The van der Waals surface area contributed by atoms with Crippen LogP contribution in [0.4, 0.5) is 17.1 Å². The number of anilines is 3. The van der Waals surface area contributed by atoms with Gasteiger partial charge in [-0.1, -0.05) is 123 Å². The molecule has 2 aromatic heterocycles. The van der Waals surface area contributed by atoms with Crippen molar-refractivity contribution in [3.63, 3.8) is 0 Å². The van der Waals surface area contributed by atoms with Crippen molar-refractivity contribution in [2.75, 3.05) is 4.90 Å². The Labute approximate surface area is 291 Å². The van der Waals surface area contributed by atoms with Gasteiger partial charge in [0.25, 0.3) is 0 Å². The van der Waals surface area contributed by atoms with Crippen LogP contribution in [-0.2, 0) is 5.41 Å². The van der Waals surface area contributed by atoms with Gasteiger partial charge in [-0.2, -0.15) is 0 Å². The van der Waals surface area contributed by atoms with Gasteiger partial charge >= 0.3 is 0 Å². The van der Waals surface area contributed by atoms with Crippen LogP contribution in [0, 0.1) is 0 Å². The molecule has 9 aromatic rings. The maximum atomic E-state index is 6.41. The molecule has 0 bridgehead atoms. The molecule has 3 nitrogen and oxygen atoms in total. The van der Waals surface area contributed by atoms with E-state index in [0.717, 1.165) is 44.3 Å². The van der Waals surface area contributed by atoms with Crippen LogP contribution in [-0.4, -0.2) is 4.57 Å².